The van der Waals surface area contributed by atoms with Crippen LogP contribution in [0.3, 0.4) is 0 Å². The van der Waals surface area contributed by atoms with E-state index in [9.17, 15) is 4.79 Å². The summed E-state index contributed by atoms with van der Waals surface area (Å²) in [7, 11) is 0. The van der Waals surface area contributed by atoms with Crippen molar-refractivity contribution in [3.8, 4) is 0 Å². The van der Waals surface area contributed by atoms with Crippen LogP contribution in [0, 0.1) is 5.92 Å². The Bertz CT molecular complexity index is 492. The summed E-state index contributed by atoms with van der Waals surface area (Å²) in [6.07, 6.45) is 3.18. The lowest BCUT2D eigenvalue weighted by molar-refractivity contribution is 0.235. The highest BCUT2D eigenvalue weighted by Crippen LogP contribution is 2.15. The molecule has 0 aliphatic carbocycles. The fourth-order valence-electron chi connectivity index (χ4n) is 3.14. The lowest BCUT2D eigenvalue weighted by Crippen LogP contribution is -2.43. The minimum absolute atomic E-state index is 0.0691. The second kappa shape index (κ2) is 9.14. The van der Waals surface area contributed by atoms with E-state index < -0.39 is 0 Å². The van der Waals surface area contributed by atoms with Crippen molar-refractivity contribution >= 4 is 17.6 Å². The molecule has 0 bridgehead atoms. The maximum atomic E-state index is 12.0. The molecule has 4 nitrogen and oxygen atoms in total. The molecule has 2 amide bonds. The lowest BCUT2D eigenvalue weighted by Gasteiger charge is -2.17. The van der Waals surface area contributed by atoms with Crippen LogP contribution in [0.1, 0.15) is 32.3 Å². The van der Waals surface area contributed by atoms with Crippen LogP contribution in [-0.4, -0.2) is 43.2 Å². The molecular formula is C18H28ClN3O. The zero-order valence-corrected chi connectivity index (χ0v) is 14.9. The number of hydrogen-bond acceptors (Lipinski definition) is 2. The first-order valence-electron chi connectivity index (χ1n) is 8.58. The number of likely N-dealkylation sites (tertiary alicyclic amines) is 1. The van der Waals surface area contributed by atoms with Crippen molar-refractivity contribution in [3.05, 3.63) is 34.9 Å². The second-order valence-electron chi connectivity index (χ2n) is 6.54. The lowest BCUT2D eigenvalue weighted by atomic mass is 10.1. The van der Waals surface area contributed by atoms with Gasteiger partial charge in [-0.3, -0.25) is 0 Å². The number of benzene rings is 1. The Hall–Kier alpha value is -1.26. The fraction of sp³-hybridized carbons (Fsp3) is 0.611. The van der Waals surface area contributed by atoms with Crippen molar-refractivity contribution in [2.24, 2.45) is 5.92 Å². The van der Waals surface area contributed by atoms with Crippen LogP contribution in [0.2, 0.25) is 5.02 Å². The largest absolute Gasteiger partial charge is 0.338 e. The van der Waals surface area contributed by atoms with Gasteiger partial charge in [-0.15, -0.1) is 0 Å². The molecule has 0 radical (unpaired) electrons. The maximum absolute atomic E-state index is 12.0. The molecule has 2 atom stereocenters. The molecule has 0 aromatic heterocycles. The van der Waals surface area contributed by atoms with Gasteiger partial charge in [-0.25, -0.2) is 4.79 Å². The average Bonchev–Trinajstić information content (AvgIpc) is 2.95. The summed E-state index contributed by atoms with van der Waals surface area (Å²) < 4.78 is 0. The average molecular weight is 338 g/mol. The number of carbonyl (C=O) groups is 1. The van der Waals surface area contributed by atoms with Crippen molar-refractivity contribution in [1.82, 2.24) is 15.5 Å². The summed E-state index contributed by atoms with van der Waals surface area (Å²) in [6.45, 7) is 8.43. The van der Waals surface area contributed by atoms with Gasteiger partial charge in [-0.1, -0.05) is 30.7 Å². The minimum Gasteiger partial charge on any atom is -0.338 e. The van der Waals surface area contributed by atoms with Gasteiger partial charge in [-0.2, -0.15) is 0 Å². The second-order valence-corrected chi connectivity index (χ2v) is 6.98. The zero-order chi connectivity index (χ0) is 16.7. The van der Waals surface area contributed by atoms with E-state index in [0.29, 0.717) is 5.92 Å². The Morgan fingerprint density at radius 1 is 1.39 bits per heavy atom. The third-order valence-electron chi connectivity index (χ3n) is 4.29. The molecule has 1 aromatic carbocycles. The molecule has 0 spiro atoms. The molecule has 0 unspecified atom stereocenters. The molecule has 1 saturated heterocycles. The molecule has 5 heteroatoms. The smallest absolute Gasteiger partial charge is 0.315 e. The number of urea groups is 1. The van der Waals surface area contributed by atoms with E-state index in [0.717, 1.165) is 31.1 Å². The first kappa shape index (κ1) is 18.1. The Balaban J connectivity index is 1.65. The monoisotopic (exact) mass is 337 g/mol. The van der Waals surface area contributed by atoms with Crippen LogP contribution in [0.15, 0.2) is 24.3 Å². The first-order valence-corrected chi connectivity index (χ1v) is 8.95. The highest BCUT2D eigenvalue weighted by molar-refractivity contribution is 6.30. The van der Waals surface area contributed by atoms with Gasteiger partial charge >= 0.3 is 6.03 Å². The quantitative estimate of drug-likeness (QED) is 0.801. The number of carbonyl (C=O) groups excluding carboxylic acids is 1. The van der Waals surface area contributed by atoms with E-state index in [-0.39, 0.29) is 12.1 Å². The molecule has 23 heavy (non-hydrogen) atoms. The van der Waals surface area contributed by atoms with E-state index in [1.54, 1.807) is 0 Å². The summed E-state index contributed by atoms with van der Waals surface area (Å²) in [5, 5.41) is 6.76. The number of amides is 2. The van der Waals surface area contributed by atoms with Gasteiger partial charge in [0.2, 0.25) is 0 Å². The summed E-state index contributed by atoms with van der Waals surface area (Å²) in [5.41, 5.74) is 1.17. The molecule has 1 aliphatic heterocycles. The Morgan fingerprint density at radius 2 is 2.13 bits per heavy atom. The fourth-order valence-corrected chi connectivity index (χ4v) is 3.26. The van der Waals surface area contributed by atoms with Gasteiger partial charge in [0.1, 0.15) is 0 Å². The molecule has 0 saturated carbocycles. The van der Waals surface area contributed by atoms with Crippen LogP contribution >= 0.6 is 11.6 Å². The summed E-state index contributed by atoms with van der Waals surface area (Å²) >= 11 is 5.88. The van der Waals surface area contributed by atoms with E-state index in [2.05, 4.69) is 22.5 Å². The van der Waals surface area contributed by atoms with Crippen LogP contribution < -0.4 is 10.6 Å². The Morgan fingerprint density at radius 3 is 2.83 bits per heavy atom. The summed E-state index contributed by atoms with van der Waals surface area (Å²) in [6, 6.07) is 7.78. The molecule has 2 rings (SSSR count). The summed E-state index contributed by atoms with van der Waals surface area (Å²) in [5.74, 6) is 0.582. The third-order valence-corrected chi connectivity index (χ3v) is 4.55. The van der Waals surface area contributed by atoms with Crippen molar-refractivity contribution in [2.75, 3.05) is 26.2 Å². The number of hydrogen-bond donors (Lipinski definition) is 2. The Labute approximate surface area is 144 Å². The number of rotatable bonds is 7. The number of nitrogens with zero attached hydrogens (tertiary/aromatic N) is 1. The highest BCUT2D eigenvalue weighted by atomic mass is 35.5. The van der Waals surface area contributed by atoms with E-state index in [4.69, 9.17) is 11.6 Å². The molecule has 128 valence electrons. The van der Waals surface area contributed by atoms with Gasteiger partial charge in [-0.05, 0) is 62.9 Å². The topological polar surface area (TPSA) is 44.4 Å². The van der Waals surface area contributed by atoms with Crippen molar-refractivity contribution < 1.29 is 4.79 Å². The summed E-state index contributed by atoms with van der Waals surface area (Å²) in [4.78, 5) is 14.5. The Kier molecular flexibility index (Phi) is 7.18. The molecule has 2 N–H and O–H groups in total. The van der Waals surface area contributed by atoms with Crippen molar-refractivity contribution in [1.29, 1.82) is 0 Å². The molecular weight excluding hydrogens is 310 g/mol. The van der Waals surface area contributed by atoms with Crippen LogP contribution in [0.25, 0.3) is 0 Å². The predicted molar refractivity (Wildman–Crippen MR) is 96.0 cm³/mol. The van der Waals surface area contributed by atoms with Gasteiger partial charge in [0, 0.05) is 24.2 Å². The van der Waals surface area contributed by atoms with E-state index in [1.807, 2.05) is 31.2 Å². The van der Waals surface area contributed by atoms with Gasteiger partial charge in [0.25, 0.3) is 0 Å². The third kappa shape index (κ3) is 6.40. The van der Waals surface area contributed by atoms with Gasteiger partial charge in [0.05, 0.1) is 0 Å². The van der Waals surface area contributed by atoms with E-state index >= 15 is 0 Å². The van der Waals surface area contributed by atoms with Gasteiger partial charge < -0.3 is 15.5 Å². The zero-order valence-electron chi connectivity index (χ0n) is 14.1. The van der Waals surface area contributed by atoms with Crippen LogP contribution in [0.5, 0.6) is 0 Å². The van der Waals surface area contributed by atoms with E-state index in [1.165, 1.54) is 24.9 Å². The first-order chi connectivity index (χ1) is 11.1. The standard InChI is InChI=1S/C18H28ClN3O/c1-3-9-22-10-8-16(13-22)12-20-18(23)21-14(2)11-15-4-6-17(19)7-5-15/h4-7,14,16H,3,8-13H2,1-2H3,(H2,20,21,23)/t14-,16-/m0/s1. The molecule has 1 aliphatic rings. The van der Waals surface area contributed by atoms with Crippen LogP contribution in [-0.2, 0) is 6.42 Å². The maximum Gasteiger partial charge on any atom is 0.315 e. The number of nitrogens with one attached hydrogen (secondary N) is 2. The van der Waals surface area contributed by atoms with Crippen molar-refractivity contribution in [2.45, 2.75) is 39.2 Å². The number of halogens is 1. The van der Waals surface area contributed by atoms with Crippen LogP contribution in [0.4, 0.5) is 4.79 Å². The van der Waals surface area contributed by atoms with Gasteiger partial charge in [0.15, 0.2) is 0 Å². The normalized spacial score (nSPS) is 19.5. The highest BCUT2D eigenvalue weighted by Gasteiger charge is 2.22. The predicted octanol–water partition coefficient (Wildman–Crippen LogP) is 3.30. The minimum atomic E-state index is -0.0691. The molecule has 1 heterocycles. The van der Waals surface area contributed by atoms with Crippen molar-refractivity contribution in [3.63, 3.8) is 0 Å². The molecule has 1 aromatic rings. The SMILES string of the molecule is CCCN1CC[C@@H](CNC(=O)N[C@@H](C)Cc2ccc(Cl)cc2)C1. The molecule has 1 fully saturated rings.